The smallest absolute Gasteiger partial charge is 0.321 e. The Labute approximate surface area is 189 Å². The molecule has 0 unspecified atom stereocenters. The Balaban J connectivity index is 1.47. The van der Waals surface area contributed by atoms with E-state index >= 15 is 0 Å². The second-order valence-electron chi connectivity index (χ2n) is 9.82. The number of piperidine rings is 1. The van der Waals surface area contributed by atoms with Crippen molar-refractivity contribution in [1.29, 1.82) is 0 Å². The SMILES string of the molecule is COc1cccc(NC(=O)N2CCC3(CC2)CC[C@]2(C(=O)N(C)C)CN(C(C)=O)C[C@H]32)c1. The molecule has 1 aromatic carbocycles. The van der Waals surface area contributed by atoms with Crippen LogP contribution in [0.3, 0.4) is 0 Å². The summed E-state index contributed by atoms with van der Waals surface area (Å²) in [7, 11) is 5.21. The Morgan fingerprint density at radius 1 is 1.09 bits per heavy atom. The number of nitrogens with zero attached hydrogens (tertiary/aromatic N) is 3. The van der Waals surface area contributed by atoms with Crippen molar-refractivity contribution in [3.8, 4) is 5.75 Å². The normalized spacial score (nSPS) is 26.1. The van der Waals surface area contributed by atoms with Crippen LogP contribution in [-0.2, 0) is 9.59 Å². The number of hydrogen-bond donors (Lipinski definition) is 1. The first kappa shape index (κ1) is 22.4. The van der Waals surface area contributed by atoms with E-state index in [2.05, 4.69) is 5.32 Å². The average Bonchev–Trinajstić information content (AvgIpc) is 3.31. The van der Waals surface area contributed by atoms with Crippen LogP contribution < -0.4 is 10.1 Å². The van der Waals surface area contributed by atoms with Crippen LogP contribution in [0.25, 0.3) is 0 Å². The van der Waals surface area contributed by atoms with Crippen molar-refractivity contribution in [3.63, 3.8) is 0 Å². The fourth-order valence-corrected chi connectivity index (χ4v) is 6.26. The first-order valence-corrected chi connectivity index (χ1v) is 11.4. The number of rotatable bonds is 3. The van der Waals surface area contributed by atoms with E-state index in [1.807, 2.05) is 28.0 Å². The average molecular weight is 443 g/mol. The summed E-state index contributed by atoms with van der Waals surface area (Å²) in [6.45, 7) is 4.06. The number of benzene rings is 1. The molecule has 4 amide bonds. The van der Waals surface area contributed by atoms with Gasteiger partial charge in [0.05, 0.1) is 12.5 Å². The standard InChI is InChI=1S/C24H34N4O4/c1-17(29)28-15-20-23(8-9-24(20,16-28)21(30)26(2)3)10-12-27(13-11-23)22(31)25-18-6-5-7-19(14-18)32-4/h5-7,14,20H,8-13,15-16H2,1-4H3,(H,25,31)/t20-,24+/m1/s1. The summed E-state index contributed by atoms with van der Waals surface area (Å²) >= 11 is 0. The number of fused-ring (bicyclic) bond motifs is 2. The molecule has 0 radical (unpaired) electrons. The highest BCUT2D eigenvalue weighted by molar-refractivity contribution is 5.89. The number of carbonyl (C=O) groups is 3. The Hall–Kier alpha value is -2.77. The number of ether oxygens (including phenoxy) is 1. The lowest BCUT2D eigenvalue weighted by Gasteiger charge is -2.44. The maximum atomic E-state index is 13.3. The van der Waals surface area contributed by atoms with E-state index in [0.717, 1.165) is 25.7 Å². The van der Waals surface area contributed by atoms with E-state index in [-0.39, 0.29) is 29.2 Å². The second-order valence-corrected chi connectivity index (χ2v) is 9.82. The molecular formula is C24H34N4O4. The molecule has 8 nitrogen and oxygen atoms in total. The zero-order valence-corrected chi connectivity index (χ0v) is 19.5. The highest BCUT2D eigenvalue weighted by Gasteiger charge is 2.65. The summed E-state index contributed by atoms with van der Waals surface area (Å²) in [6, 6.07) is 7.22. The fourth-order valence-electron chi connectivity index (χ4n) is 6.26. The van der Waals surface area contributed by atoms with Crippen LogP contribution in [0.2, 0.25) is 0 Å². The van der Waals surface area contributed by atoms with Gasteiger partial charge in [0.2, 0.25) is 11.8 Å². The van der Waals surface area contributed by atoms with E-state index in [9.17, 15) is 14.4 Å². The van der Waals surface area contributed by atoms with Gasteiger partial charge in [0, 0.05) is 59.0 Å². The van der Waals surface area contributed by atoms with Crippen molar-refractivity contribution in [2.45, 2.75) is 32.6 Å². The number of methoxy groups -OCH3 is 1. The molecule has 3 fully saturated rings. The first-order chi connectivity index (χ1) is 15.2. The topological polar surface area (TPSA) is 82.2 Å². The molecule has 1 aromatic rings. The zero-order valence-electron chi connectivity index (χ0n) is 19.5. The first-order valence-electron chi connectivity index (χ1n) is 11.4. The molecule has 0 bridgehead atoms. The molecule has 2 aliphatic heterocycles. The third-order valence-corrected chi connectivity index (χ3v) is 8.00. The Morgan fingerprint density at radius 2 is 1.81 bits per heavy atom. The lowest BCUT2D eigenvalue weighted by molar-refractivity contribution is -0.141. The van der Waals surface area contributed by atoms with Gasteiger partial charge < -0.3 is 24.8 Å². The summed E-state index contributed by atoms with van der Waals surface area (Å²) in [4.78, 5) is 43.7. The lowest BCUT2D eigenvalue weighted by atomic mass is 9.65. The highest BCUT2D eigenvalue weighted by atomic mass is 16.5. The summed E-state index contributed by atoms with van der Waals surface area (Å²) in [6.07, 6.45) is 3.51. The van der Waals surface area contributed by atoms with E-state index < -0.39 is 5.41 Å². The largest absolute Gasteiger partial charge is 0.497 e. The number of anilines is 1. The minimum absolute atomic E-state index is 0.00260. The third kappa shape index (κ3) is 3.69. The van der Waals surface area contributed by atoms with Gasteiger partial charge in [-0.2, -0.15) is 0 Å². The van der Waals surface area contributed by atoms with Gasteiger partial charge in [0.15, 0.2) is 0 Å². The molecule has 4 rings (SSSR count). The van der Waals surface area contributed by atoms with Crippen LogP contribution in [0.4, 0.5) is 10.5 Å². The zero-order chi connectivity index (χ0) is 23.1. The lowest BCUT2D eigenvalue weighted by Crippen LogP contribution is -2.50. The van der Waals surface area contributed by atoms with Gasteiger partial charge >= 0.3 is 6.03 Å². The maximum absolute atomic E-state index is 13.3. The number of hydrogen-bond acceptors (Lipinski definition) is 4. The summed E-state index contributed by atoms with van der Waals surface area (Å²) in [5.41, 5.74) is 0.224. The molecule has 8 heteroatoms. The van der Waals surface area contributed by atoms with Crippen molar-refractivity contribution in [1.82, 2.24) is 14.7 Å². The fraction of sp³-hybridized carbons (Fsp3) is 0.625. The number of nitrogens with one attached hydrogen (secondary N) is 1. The molecule has 174 valence electrons. The van der Waals surface area contributed by atoms with Gasteiger partial charge in [-0.05, 0) is 49.1 Å². The number of urea groups is 1. The second kappa shape index (κ2) is 8.30. The summed E-state index contributed by atoms with van der Waals surface area (Å²) < 4.78 is 5.23. The molecule has 2 heterocycles. The Bertz CT molecular complexity index is 909. The Morgan fingerprint density at radius 3 is 2.44 bits per heavy atom. The highest BCUT2D eigenvalue weighted by Crippen LogP contribution is 2.62. The van der Waals surface area contributed by atoms with Crippen molar-refractivity contribution >= 4 is 23.5 Å². The van der Waals surface area contributed by atoms with E-state index in [4.69, 9.17) is 4.74 Å². The van der Waals surface area contributed by atoms with Crippen LogP contribution >= 0.6 is 0 Å². The summed E-state index contributed by atoms with van der Waals surface area (Å²) in [5.74, 6) is 1.03. The van der Waals surface area contributed by atoms with Crippen LogP contribution in [-0.4, -0.2) is 79.9 Å². The monoisotopic (exact) mass is 442 g/mol. The van der Waals surface area contributed by atoms with Gasteiger partial charge in [-0.3, -0.25) is 9.59 Å². The van der Waals surface area contributed by atoms with Gasteiger partial charge in [0.1, 0.15) is 5.75 Å². The van der Waals surface area contributed by atoms with Crippen LogP contribution in [0, 0.1) is 16.7 Å². The molecule has 0 aromatic heterocycles. The van der Waals surface area contributed by atoms with Crippen molar-refractivity contribution in [3.05, 3.63) is 24.3 Å². The van der Waals surface area contributed by atoms with Crippen LogP contribution in [0.5, 0.6) is 5.75 Å². The third-order valence-electron chi connectivity index (χ3n) is 8.00. The minimum atomic E-state index is -0.486. The van der Waals surface area contributed by atoms with E-state index in [1.165, 1.54) is 0 Å². The summed E-state index contributed by atoms with van der Waals surface area (Å²) in [5, 5.41) is 2.97. The van der Waals surface area contributed by atoms with Crippen molar-refractivity contribution < 1.29 is 19.1 Å². The molecule has 1 aliphatic carbocycles. The quantitative estimate of drug-likeness (QED) is 0.780. The predicted octanol–water partition coefficient (Wildman–Crippen LogP) is 2.66. The molecule has 2 atom stereocenters. The molecule has 1 saturated carbocycles. The van der Waals surface area contributed by atoms with Crippen LogP contribution in [0.1, 0.15) is 32.6 Å². The minimum Gasteiger partial charge on any atom is -0.497 e. The number of amides is 4. The molecular weight excluding hydrogens is 408 g/mol. The predicted molar refractivity (Wildman–Crippen MR) is 121 cm³/mol. The van der Waals surface area contributed by atoms with E-state index in [0.29, 0.717) is 37.6 Å². The van der Waals surface area contributed by atoms with Gasteiger partial charge in [0.25, 0.3) is 0 Å². The molecule has 1 N–H and O–H groups in total. The van der Waals surface area contributed by atoms with Crippen molar-refractivity contribution in [2.75, 3.05) is 52.7 Å². The molecule has 32 heavy (non-hydrogen) atoms. The maximum Gasteiger partial charge on any atom is 0.321 e. The molecule has 3 aliphatic rings. The number of carbonyl (C=O) groups excluding carboxylic acids is 3. The Kier molecular flexibility index (Phi) is 5.81. The molecule has 2 saturated heterocycles. The van der Waals surface area contributed by atoms with Crippen LogP contribution in [0.15, 0.2) is 24.3 Å². The van der Waals surface area contributed by atoms with E-state index in [1.54, 1.807) is 39.1 Å². The van der Waals surface area contributed by atoms with Gasteiger partial charge in [-0.25, -0.2) is 4.79 Å². The number of likely N-dealkylation sites (tertiary alicyclic amines) is 2. The van der Waals surface area contributed by atoms with Crippen molar-refractivity contribution in [2.24, 2.45) is 16.7 Å². The molecule has 1 spiro atoms. The van der Waals surface area contributed by atoms with Gasteiger partial charge in [-0.1, -0.05) is 6.07 Å². The van der Waals surface area contributed by atoms with Gasteiger partial charge in [-0.15, -0.1) is 0 Å².